The van der Waals surface area contributed by atoms with Gasteiger partial charge in [-0.3, -0.25) is 4.55 Å². The first-order chi connectivity index (χ1) is 13.8. The van der Waals surface area contributed by atoms with Crippen molar-refractivity contribution >= 4 is 38.0 Å². The molecule has 8 nitrogen and oxygen atoms in total. The summed E-state index contributed by atoms with van der Waals surface area (Å²) in [6.45, 7) is 5.60. The van der Waals surface area contributed by atoms with E-state index in [0.717, 1.165) is 24.8 Å². The van der Waals surface area contributed by atoms with Gasteiger partial charge in [-0.1, -0.05) is 24.3 Å². The van der Waals surface area contributed by atoms with E-state index >= 15 is 0 Å². The van der Waals surface area contributed by atoms with Crippen LogP contribution in [0.2, 0.25) is 0 Å². The van der Waals surface area contributed by atoms with E-state index in [4.69, 9.17) is 0 Å². The Morgan fingerprint density at radius 3 is 2.14 bits per heavy atom. The van der Waals surface area contributed by atoms with Crippen molar-refractivity contribution in [3.05, 3.63) is 48.5 Å². The molecule has 3 aromatic rings. The summed E-state index contributed by atoms with van der Waals surface area (Å²) in [5.74, 6) is -0.532. The van der Waals surface area contributed by atoms with E-state index in [9.17, 15) is 23.2 Å². The Kier molecular flexibility index (Phi) is 5.71. The number of aromatic hydroxyl groups is 2. The van der Waals surface area contributed by atoms with Crippen LogP contribution in [-0.4, -0.2) is 36.3 Å². The van der Waals surface area contributed by atoms with Crippen LogP contribution in [0.3, 0.4) is 0 Å². The molecule has 0 amide bonds. The van der Waals surface area contributed by atoms with E-state index in [1.54, 1.807) is 36.4 Å². The SMILES string of the molecule is CCN(CC)c1ccc(N=Nc2c(O)cc(S(=O)(=O)O)c3ccccc23)c(O)c1. The van der Waals surface area contributed by atoms with Gasteiger partial charge in [-0.2, -0.15) is 8.42 Å². The number of hydrogen-bond donors (Lipinski definition) is 3. The Bertz CT molecular complexity index is 1190. The van der Waals surface area contributed by atoms with E-state index in [0.29, 0.717) is 5.39 Å². The van der Waals surface area contributed by atoms with Crippen molar-refractivity contribution in [1.82, 2.24) is 0 Å². The van der Waals surface area contributed by atoms with E-state index in [-0.39, 0.29) is 22.5 Å². The normalized spacial score (nSPS) is 12.0. The van der Waals surface area contributed by atoms with Gasteiger partial charge in [-0.05, 0) is 26.0 Å². The lowest BCUT2D eigenvalue weighted by Gasteiger charge is -2.21. The number of anilines is 1. The average molecular weight is 415 g/mol. The zero-order chi connectivity index (χ0) is 21.2. The molecule has 0 atom stereocenters. The molecule has 0 aliphatic heterocycles. The van der Waals surface area contributed by atoms with Crippen molar-refractivity contribution in [1.29, 1.82) is 0 Å². The molecule has 0 bridgehead atoms. The smallest absolute Gasteiger partial charge is 0.295 e. The van der Waals surface area contributed by atoms with E-state index < -0.39 is 20.8 Å². The fourth-order valence-corrected chi connectivity index (χ4v) is 3.83. The highest BCUT2D eigenvalue weighted by Crippen LogP contribution is 2.41. The predicted molar refractivity (Wildman–Crippen MR) is 111 cm³/mol. The lowest BCUT2D eigenvalue weighted by molar-refractivity contribution is 0.468. The molecular weight excluding hydrogens is 394 g/mol. The van der Waals surface area contributed by atoms with Crippen LogP contribution >= 0.6 is 0 Å². The Morgan fingerprint density at radius 1 is 0.897 bits per heavy atom. The van der Waals surface area contributed by atoms with Crippen molar-refractivity contribution < 1.29 is 23.2 Å². The van der Waals surface area contributed by atoms with Crippen LogP contribution in [-0.2, 0) is 10.1 Å². The molecule has 3 aromatic carbocycles. The fourth-order valence-electron chi connectivity index (χ4n) is 3.12. The third-order valence-corrected chi connectivity index (χ3v) is 5.47. The molecule has 0 spiro atoms. The van der Waals surface area contributed by atoms with Gasteiger partial charge < -0.3 is 15.1 Å². The number of hydrogen-bond acceptors (Lipinski definition) is 7. The number of azo groups is 1. The molecule has 0 aliphatic carbocycles. The minimum Gasteiger partial charge on any atom is -0.506 e. The van der Waals surface area contributed by atoms with Crippen molar-refractivity contribution in [2.45, 2.75) is 18.7 Å². The quantitative estimate of drug-likeness (QED) is 0.394. The fraction of sp³-hybridized carbons (Fsp3) is 0.200. The second kappa shape index (κ2) is 8.06. The van der Waals surface area contributed by atoms with Crippen molar-refractivity contribution in [3.8, 4) is 11.5 Å². The van der Waals surface area contributed by atoms with Gasteiger partial charge in [0.2, 0.25) is 0 Å². The van der Waals surface area contributed by atoms with Crippen molar-refractivity contribution in [2.24, 2.45) is 10.2 Å². The second-order valence-electron chi connectivity index (χ2n) is 6.31. The third kappa shape index (κ3) is 4.15. The monoisotopic (exact) mass is 415 g/mol. The third-order valence-electron chi connectivity index (χ3n) is 4.58. The van der Waals surface area contributed by atoms with Gasteiger partial charge in [0.25, 0.3) is 10.1 Å². The standard InChI is InChI=1S/C20H21N3O5S/c1-3-23(4-2)13-9-10-16(17(24)11-13)21-22-20-15-8-6-5-7-14(15)19(12-18(20)25)29(26,27)28/h5-12,24-25H,3-4H2,1-2H3,(H,26,27,28). The van der Waals surface area contributed by atoms with Crippen LogP contribution in [0.5, 0.6) is 11.5 Å². The summed E-state index contributed by atoms with van der Waals surface area (Å²) in [5.41, 5.74) is 1.07. The topological polar surface area (TPSA) is 123 Å². The second-order valence-corrected chi connectivity index (χ2v) is 7.70. The number of fused-ring (bicyclic) bond motifs is 1. The van der Waals surface area contributed by atoms with Gasteiger partial charge in [0, 0.05) is 41.7 Å². The van der Waals surface area contributed by atoms with Crippen LogP contribution in [0.1, 0.15) is 13.8 Å². The Balaban J connectivity index is 2.07. The van der Waals surface area contributed by atoms with Crippen LogP contribution in [0.25, 0.3) is 10.8 Å². The van der Waals surface area contributed by atoms with Crippen LogP contribution in [0.15, 0.2) is 63.7 Å². The first kappa shape index (κ1) is 20.6. The lowest BCUT2D eigenvalue weighted by atomic mass is 10.1. The molecule has 3 N–H and O–H groups in total. The van der Waals surface area contributed by atoms with Gasteiger partial charge in [0.1, 0.15) is 27.8 Å². The van der Waals surface area contributed by atoms with Crippen LogP contribution < -0.4 is 4.90 Å². The predicted octanol–water partition coefficient (Wildman–Crippen LogP) is 4.76. The van der Waals surface area contributed by atoms with Gasteiger partial charge in [0.05, 0.1) is 0 Å². The zero-order valence-corrected chi connectivity index (χ0v) is 16.8. The Morgan fingerprint density at radius 2 is 1.55 bits per heavy atom. The molecule has 0 aromatic heterocycles. The largest absolute Gasteiger partial charge is 0.506 e. The summed E-state index contributed by atoms with van der Waals surface area (Å²) >= 11 is 0. The summed E-state index contributed by atoms with van der Waals surface area (Å²) in [4.78, 5) is 1.64. The zero-order valence-electron chi connectivity index (χ0n) is 15.9. The highest BCUT2D eigenvalue weighted by molar-refractivity contribution is 7.86. The maximum atomic E-state index is 11.6. The molecule has 0 unspecified atom stereocenters. The summed E-state index contributed by atoms with van der Waals surface area (Å²) in [7, 11) is -4.54. The molecule has 0 aliphatic rings. The first-order valence-corrected chi connectivity index (χ1v) is 10.4. The number of phenolic OH excluding ortho intramolecular Hbond substituents is 2. The molecule has 152 valence electrons. The number of phenols is 2. The highest BCUT2D eigenvalue weighted by atomic mass is 32.2. The molecule has 9 heteroatoms. The van der Waals surface area contributed by atoms with Gasteiger partial charge in [0.15, 0.2) is 0 Å². The molecule has 3 rings (SSSR count). The number of nitrogens with zero attached hydrogens (tertiary/aromatic N) is 3. The summed E-state index contributed by atoms with van der Waals surface area (Å²) < 4.78 is 32.7. The summed E-state index contributed by atoms with van der Waals surface area (Å²) in [6, 6.07) is 12.2. The summed E-state index contributed by atoms with van der Waals surface area (Å²) in [5, 5.41) is 29.1. The molecule has 29 heavy (non-hydrogen) atoms. The molecule has 0 heterocycles. The Labute approximate surface area is 168 Å². The highest BCUT2D eigenvalue weighted by Gasteiger charge is 2.19. The molecule has 0 radical (unpaired) electrons. The van der Waals surface area contributed by atoms with Crippen molar-refractivity contribution in [3.63, 3.8) is 0 Å². The first-order valence-electron chi connectivity index (χ1n) is 8.98. The van der Waals surface area contributed by atoms with E-state index in [2.05, 4.69) is 15.1 Å². The maximum absolute atomic E-state index is 11.6. The molecule has 0 saturated heterocycles. The minimum atomic E-state index is -4.54. The van der Waals surface area contributed by atoms with E-state index in [1.165, 1.54) is 6.07 Å². The van der Waals surface area contributed by atoms with Crippen LogP contribution in [0, 0.1) is 0 Å². The van der Waals surface area contributed by atoms with Crippen LogP contribution in [0.4, 0.5) is 17.1 Å². The van der Waals surface area contributed by atoms with Gasteiger partial charge in [-0.15, -0.1) is 10.2 Å². The van der Waals surface area contributed by atoms with E-state index in [1.807, 2.05) is 13.8 Å². The summed E-state index contributed by atoms with van der Waals surface area (Å²) in [6.07, 6.45) is 0. The van der Waals surface area contributed by atoms with Gasteiger partial charge in [-0.25, -0.2) is 0 Å². The molecule has 0 saturated carbocycles. The average Bonchev–Trinajstić information content (AvgIpc) is 2.68. The number of rotatable bonds is 6. The minimum absolute atomic E-state index is 0.0280. The maximum Gasteiger partial charge on any atom is 0.295 e. The Hall–Kier alpha value is -3.17. The molecule has 0 fully saturated rings. The van der Waals surface area contributed by atoms with Crippen molar-refractivity contribution in [2.75, 3.05) is 18.0 Å². The molecular formula is C20H21N3O5S. The lowest BCUT2D eigenvalue weighted by Crippen LogP contribution is -2.21. The number of benzene rings is 3. The van der Waals surface area contributed by atoms with Gasteiger partial charge >= 0.3 is 0 Å².